The van der Waals surface area contributed by atoms with Crippen LogP contribution >= 0.6 is 50.7 Å². The summed E-state index contributed by atoms with van der Waals surface area (Å²) in [7, 11) is -4.12. The number of halogens is 4. The summed E-state index contributed by atoms with van der Waals surface area (Å²) in [6.07, 6.45) is 0. The third-order valence-corrected chi connectivity index (χ3v) is 7.84. The number of carbonyl (C=O) groups excluding carboxylic acids is 1. The molecule has 0 atom stereocenters. The zero-order valence-corrected chi connectivity index (χ0v) is 20.7. The van der Waals surface area contributed by atoms with Crippen molar-refractivity contribution >= 4 is 78.0 Å². The van der Waals surface area contributed by atoms with Gasteiger partial charge in [0.05, 0.1) is 20.6 Å². The highest BCUT2D eigenvalue weighted by atomic mass is 79.9. The SMILES string of the molecule is Cc1ccc(S(=O)(=O)N(CC(=O)Nc2ccc(Br)c(Cl)c2)c2cc(Cl)ccc2Cl)cc1. The van der Waals surface area contributed by atoms with E-state index in [0.29, 0.717) is 15.2 Å². The lowest BCUT2D eigenvalue weighted by molar-refractivity contribution is -0.114. The highest BCUT2D eigenvalue weighted by Crippen LogP contribution is 2.33. The number of nitrogens with one attached hydrogen (secondary N) is 1. The van der Waals surface area contributed by atoms with E-state index in [4.69, 9.17) is 34.8 Å². The molecule has 3 aromatic carbocycles. The Bertz CT molecular complexity index is 1240. The lowest BCUT2D eigenvalue weighted by atomic mass is 10.2. The average Bonchev–Trinajstić information content (AvgIpc) is 2.71. The van der Waals surface area contributed by atoms with Gasteiger partial charge in [0.2, 0.25) is 5.91 Å². The summed E-state index contributed by atoms with van der Waals surface area (Å²) in [6.45, 7) is 1.32. The van der Waals surface area contributed by atoms with Gasteiger partial charge < -0.3 is 5.32 Å². The lowest BCUT2D eigenvalue weighted by Crippen LogP contribution is -2.38. The maximum absolute atomic E-state index is 13.4. The number of hydrogen-bond donors (Lipinski definition) is 1. The number of anilines is 2. The van der Waals surface area contributed by atoms with Crippen molar-refractivity contribution in [1.29, 1.82) is 0 Å². The smallest absolute Gasteiger partial charge is 0.264 e. The highest BCUT2D eigenvalue weighted by molar-refractivity contribution is 9.10. The summed E-state index contributed by atoms with van der Waals surface area (Å²) < 4.78 is 28.4. The molecule has 0 aromatic heterocycles. The monoisotopic (exact) mass is 560 g/mol. The number of carbonyl (C=O) groups is 1. The Morgan fingerprint density at radius 3 is 2.29 bits per heavy atom. The van der Waals surface area contributed by atoms with Gasteiger partial charge in [-0.15, -0.1) is 0 Å². The molecule has 1 N–H and O–H groups in total. The molecule has 3 aromatic rings. The van der Waals surface area contributed by atoms with Crippen molar-refractivity contribution < 1.29 is 13.2 Å². The lowest BCUT2D eigenvalue weighted by Gasteiger charge is -2.25. The van der Waals surface area contributed by atoms with Crippen molar-refractivity contribution in [3.8, 4) is 0 Å². The van der Waals surface area contributed by atoms with Gasteiger partial charge in [0.1, 0.15) is 6.54 Å². The molecule has 31 heavy (non-hydrogen) atoms. The Labute approximate surface area is 204 Å². The average molecular weight is 563 g/mol. The van der Waals surface area contributed by atoms with Gasteiger partial charge in [-0.3, -0.25) is 9.10 Å². The van der Waals surface area contributed by atoms with Gasteiger partial charge in [-0.2, -0.15) is 0 Å². The van der Waals surface area contributed by atoms with Crippen molar-refractivity contribution in [2.45, 2.75) is 11.8 Å². The summed E-state index contributed by atoms with van der Waals surface area (Å²) in [5, 5.41) is 3.47. The maximum atomic E-state index is 13.4. The number of benzene rings is 3. The van der Waals surface area contributed by atoms with Crippen LogP contribution in [-0.4, -0.2) is 20.9 Å². The van der Waals surface area contributed by atoms with E-state index >= 15 is 0 Å². The molecule has 162 valence electrons. The molecule has 3 rings (SSSR count). The molecule has 0 spiro atoms. The van der Waals surface area contributed by atoms with Gasteiger partial charge in [-0.05, 0) is 71.4 Å². The number of nitrogens with zero attached hydrogens (tertiary/aromatic N) is 1. The van der Waals surface area contributed by atoms with Gasteiger partial charge in [0.25, 0.3) is 10.0 Å². The summed E-state index contributed by atoms with van der Waals surface area (Å²) in [5.74, 6) is -0.579. The Balaban J connectivity index is 1.99. The van der Waals surface area contributed by atoms with Crippen LogP contribution in [0.15, 0.2) is 70.0 Å². The number of hydrogen-bond acceptors (Lipinski definition) is 3. The van der Waals surface area contributed by atoms with Crippen LogP contribution in [-0.2, 0) is 14.8 Å². The first kappa shape index (κ1) is 23.9. The van der Waals surface area contributed by atoms with Gasteiger partial charge >= 0.3 is 0 Å². The summed E-state index contributed by atoms with van der Waals surface area (Å²) >= 11 is 21.7. The number of rotatable bonds is 6. The fraction of sp³-hybridized carbons (Fsp3) is 0.0952. The van der Waals surface area contributed by atoms with Gasteiger partial charge in [-0.1, -0.05) is 52.5 Å². The molecular weight excluding hydrogens is 547 g/mol. The van der Waals surface area contributed by atoms with Crippen molar-refractivity contribution in [3.63, 3.8) is 0 Å². The zero-order chi connectivity index (χ0) is 22.8. The molecule has 0 aliphatic rings. The van der Waals surface area contributed by atoms with Crippen molar-refractivity contribution in [2.75, 3.05) is 16.2 Å². The minimum atomic E-state index is -4.12. The highest BCUT2D eigenvalue weighted by Gasteiger charge is 2.29. The minimum Gasteiger partial charge on any atom is -0.324 e. The van der Waals surface area contributed by atoms with E-state index < -0.39 is 22.5 Å². The second-order valence-electron chi connectivity index (χ2n) is 6.60. The summed E-state index contributed by atoms with van der Waals surface area (Å²) in [6, 6.07) is 15.6. The van der Waals surface area contributed by atoms with E-state index in [1.54, 1.807) is 30.3 Å². The maximum Gasteiger partial charge on any atom is 0.264 e. The normalized spacial score (nSPS) is 11.3. The molecule has 0 aliphatic heterocycles. The van der Waals surface area contributed by atoms with Crippen molar-refractivity contribution in [2.24, 2.45) is 0 Å². The Morgan fingerprint density at radius 2 is 1.65 bits per heavy atom. The summed E-state index contributed by atoms with van der Waals surface area (Å²) in [5.41, 5.74) is 1.41. The van der Waals surface area contributed by atoms with E-state index in [0.717, 1.165) is 9.87 Å². The zero-order valence-electron chi connectivity index (χ0n) is 16.1. The van der Waals surface area contributed by atoms with E-state index in [9.17, 15) is 13.2 Å². The Kier molecular flexibility index (Phi) is 7.55. The fourth-order valence-electron chi connectivity index (χ4n) is 2.72. The molecule has 5 nitrogen and oxygen atoms in total. The minimum absolute atomic E-state index is 0.0219. The van der Waals surface area contributed by atoms with Crippen LogP contribution in [0.5, 0.6) is 0 Å². The van der Waals surface area contributed by atoms with Crippen LogP contribution in [0.25, 0.3) is 0 Å². The van der Waals surface area contributed by atoms with Crippen LogP contribution in [0.2, 0.25) is 15.1 Å². The second kappa shape index (κ2) is 9.79. The second-order valence-corrected chi connectivity index (χ2v) is 10.6. The largest absolute Gasteiger partial charge is 0.324 e. The first-order chi connectivity index (χ1) is 14.6. The van der Waals surface area contributed by atoms with E-state index in [-0.39, 0.29) is 20.6 Å². The molecule has 0 saturated heterocycles. The van der Waals surface area contributed by atoms with Crippen LogP contribution in [0.3, 0.4) is 0 Å². The van der Waals surface area contributed by atoms with Crippen LogP contribution < -0.4 is 9.62 Å². The van der Waals surface area contributed by atoms with E-state index in [2.05, 4.69) is 21.2 Å². The molecule has 0 saturated carbocycles. The van der Waals surface area contributed by atoms with E-state index in [1.165, 1.54) is 30.3 Å². The van der Waals surface area contributed by atoms with Gasteiger partial charge in [0.15, 0.2) is 0 Å². The molecule has 0 unspecified atom stereocenters. The van der Waals surface area contributed by atoms with E-state index in [1.807, 2.05) is 6.92 Å². The quantitative estimate of drug-likeness (QED) is 0.371. The van der Waals surface area contributed by atoms with Crippen LogP contribution in [0.4, 0.5) is 11.4 Å². The van der Waals surface area contributed by atoms with Crippen molar-refractivity contribution in [3.05, 3.63) is 85.8 Å². The molecular formula is C21H16BrCl3N2O3S. The molecule has 10 heteroatoms. The predicted octanol–water partition coefficient (Wildman–Crippen LogP) is 6.55. The molecule has 0 fully saturated rings. The standard InChI is InChI=1S/C21H16BrCl3N2O3S/c1-13-2-6-16(7-3-13)31(29,30)27(20-10-14(23)4-9-18(20)24)12-21(28)26-15-5-8-17(22)19(25)11-15/h2-11H,12H2,1H3,(H,26,28). The Hall–Kier alpha value is -1.77. The number of sulfonamides is 1. The van der Waals surface area contributed by atoms with Gasteiger partial charge in [0, 0.05) is 15.2 Å². The number of aryl methyl sites for hydroxylation is 1. The third-order valence-electron chi connectivity index (χ3n) is 4.28. The molecule has 0 heterocycles. The molecule has 0 aliphatic carbocycles. The first-order valence-corrected chi connectivity index (χ1v) is 12.2. The molecule has 1 amide bonds. The molecule has 0 radical (unpaired) electrons. The van der Waals surface area contributed by atoms with Crippen LogP contribution in [0, 0.1) is 6.92 Å². The molecule has 0 bridgehead atoms. The topological polar surface area (TPSA) is 66.5 Å². The first-order valence-electron chi connectivity index (χ1n) is 8.87. The number of amides is 1. The van der Waals surface area contributed by atoms with Crippen molar-refractivity contribution in [1.82, 2.24) is 0 Å². The third kappa shape index (κ3) is 5.73. The van der Waals surface area contributed by atoms with Crippen LogP contribution in [0.1, 0.15) is 5.56 Å². The van der Waals surface area contributed by atoms with Gasteiger partial charge in [-0.25, -0.2) is 8.42 Å². The summed E-state index contributed by atoms with van der Waals surface area (Å²) in [4.78, 5) is 12.8. The Morgan fingerprint density at radius 1 is 0.968 bits per heavy atom. The predicted molar refractivity (Wildman–Crippen MR) is 130 cm³/mol. The fourth-order valence-corrected chi connectivity index (χ4v) is 5.01.